The van der Waals surface area contributed by atoms with Crippen LogP contribution in [0, 0.1) is 13.8 Å². The second-order valence-electron chi connectivity index (χ2n) is 5.96. The lowest BCUT2D eigenvalue weighted by Crippen LogP contribution is -2.51. The Morgan fingerprint density at radius 2 is 1.88 bits per heavy atom. The van der Waals surface area contributed by atoms with Gasteiger partial charge in [-0.05, 0) is 43.2 Å². The third-order valence-electron chi connectivity index (χ3n) is 3.83. The fraction of sp³-hybridized carbons (Fsp3) is 0.263. The van der Waals surface area contributed by atoms with Gasteiger partial charge in [0.1, 0.15) is 12.4 Å². The molecule has 0 spiro atoms. The smallest absolute Gasteiger partial charge is 0.283 e. The van der Waals surface area contributed by atoms with Crippen LogP contribution in [-0.4, -0.2) is 31.1 Å². The number of amides is 2. The normalized spacial score (nSPS) is 15.1. The fourth-order valence-corrected chi connectivity index (χ4v) is 2.40. The summed E-state index contributed by atoms with van der Waals surface area (Å²) in [7, 11) is 0. The van der Waals surface area contributed by atoms with Crippen LogP contribution in [-0.2, 0) is 9.59 Å². The van der Waals surface area contributed by atoms with E-state index in [9.17, 15) is 9.59 Å². The molecule has 0 radical (unpaired) electrons. The largest absolute Gasteiger partial charge is 0.485 e. The molecular weight excluding hydrogens is 336 g/mol. The maximum absolute atomic E-state index is 12.1. The Morgan fingerprint density at radius 1 is 1.12 bits per heavy atom. The Balaban J connectivity index is 1.46. The number of nitrogens with one attached hydrogen (secondary N) is 2. The van der Waals surface area contributed by atoms with E-state index < -0.39 is 17.9 Å². The van der Waals surface area contributed by atoms with Crippen LogP contribution in [0.4, 0.5) is 0 Å². The average molecular weight is 356 g/mol. The van der Waals surface area contributed by atoms with Crippen molar-refractivity contribution in [3.05, 3.63) is 53.6 Å². The molecular formula is C19H20N2O5. The first-order valence-corrected chi connectivity index (χ1v) is 8.20. The molecule has 2 aromatic carbocycles. The van der Waals surface area contributed by atoms with E-state index >= 15 is 0 Å². The van der Waals surface area contributed by atoms with Crippen LogP contribution in [0.2, 0.25) is 0 Å². The van der Waals surface area contributed by atoms with E-state index in [1.54, 1.807) is 18.2 Å². The van der Waals surface area contributed by atoms with Crippen LogP contribution < -0.4 is 25.1 Å². The Bertz CT molecular complexity index is 821. The van der Waals surface area contributed by atoms with E-state index in [1.165, 1.54) is 0 Å². The maximum atomic E-state index is 12.1. The molecule has 0 aliphatic carbocycles. The molecule has 1 atom stereocenters. The number of fused-ring (bicyclic) bond motifs is 1. The quantitative estimate of drug-likeness (QED) is 0.814. The Hall–Kier alpha value is -3.22. The second-order valence-corrected chi connectivity index (χ2v) is 5.96. The molecule has 2 amide bonds. The van der Waals surface area contributed by atoms with Gasteiger partial charge in [-0.15, -0.1) is 0 Å². The van der Waals surface area contributed by atoms with Crippen LogP contribution in [0.3, 0.4) is 0 Å². The number of carbonyl (C=O) groups is 2. The monoisotopic (exact) mass is 356 g/mol. The van der Waals surface area contributed by atoms with Crippen molar-refractivity contribution in [2.45, 2.75) is 20.0 Å². The van der Waals surface area contributed by atoms with Crippen LogP contribution >= 0.6 is 0 Å². The molecule has 0 unspecified atom stereocenters. The molecule has 136 valence electrons. The van der Waals surface area contributed by atoms with Crippen molar-refractivity contribution in [2.24, 2.45) is 0 Å². The fourth-order valence-electron chi connectivity index (χ4n) is 2.40. The minimum absolute atomic E-state index is 0.0672. The van der Waals surface area contributed by atoms with Gasteiger partial charge < -0.3 is 14.2 Å². The molecule has 1 heterocycles. The molecule has 1 aliphatic heterocycles. The molecule has 3 rings (SSSR count). The van der Waals surface area contributed by atoms with Crippen LogP contribution in [0.15, 0.2) is 42.5 Å². The van der Waals surface area contributed by atoms with Crippen molar-refractivity contribution >= 4 is 11.8 Å². The predicted octanol–water partition coefficient (Wildman–Crippen LogP) is 1.67. The SMILES string of the molecule is Cc1ccc(C)c(OCC(=O)NNC(=O)[C@H]2COc3ccccc3O2)c1. The number of para-hydroxylation sites is 2. The molecule has 7 nitrogen and oxygen atoms in total. The number of hydrogen-bond donors (Lipinski definition) is 2. The van der Waals surface area contributed by atoms with Gasteiger partial charge in [0.15, 0.2) is 18.1 Å². The lowest BCUT2D eigenvalue weighted by atomic mass is 10.1. The molecule has 2 aromatic rings. The van der Waals surface area contributed by atoms with Crippen LogP contribution in [0.25, 0.3) is 0 Å². The molecule has 0 saturated carbocycles. The summed E-state index contributed by atoms with van der Waals surface area (Å²) >= 11 is 0. The van der Waals surface area contributed by atoms with Crippen molar-refractivity contribution in [3.8, 4) is 17.2 Å². The van der Waals surface area contributed by atoms with Crippen LogP contribution in [0.5, 0.6) is 17.2 Å². The highest BCUT2D eigenvalue weighted by Crippen LogP contribution is 2.30. The van der Waals surface area contributed by atoms with Gasteiger partial charge in [-0.25, -0.2) is 0 Å². The van der Waals surface area contributed by atoms with Crippen molar-refractivity contribution in [1.82, 2.24) is 10.9 Å². The summed E-state index contributed by atoms with van der Waals surface area (Å²) in [6, 6.07) is 12.8. The molecule has 0 aromatic heterocycles. The second kappa shape index (κ2) is 7.77. The van der Waals surface area contributed by atoms with Crippen molar-refractivity contribution < 1.29 is 23.8 Å². The minimum atomic E-state index is -0.842. The average Bonchev–Trinajstić information content (AvgIpc) is 2.66. The number of carbonyl (C=O) groups excluding carboxylic acids is 2. The lowest BCUT2D eigenvalue weighted by molar-refractivity contribution is -0.135. The van der Waals surface area contributed by atoms with E-state index in [0.29, 0.717) is 17.2 Å². The van der Waals surface area contributed by atoms with Gasteiger partial charge in [0.2, 0.25) is 6.10 Å². The van der Waals surface area contributed by atoms with Gasteiger partial charge in [-0.1, -0.05) is 24.3 Å². The van der Waals surface area contributed by atoms with Gasteiger partial charge in [0, 0.05) is 0 Å². The number of benzene rings is 2. The summed E-state index contributed by atoms with van der Waals surface area (Å²) in [5, 5.41) is 0. The summed E-state index contributed by atoms with van der Waals surface area (Å²) in [5.74, 6) is 0.731. The van der Waals surface area contributed by atoms with Gasteiger partial charge >= 0.3 is 0 Å². The maximum Gasteiger partial charge on any atom is 0.283 e. The summed E-state index contributed by atoms with van der Waals surface area (Å²) < 4.78 is 16.5. The number of ether oxygens (including phenoxy) is 3. The first kappa shape index (κ1) is 17.6. The molecule has 1 aliphatic rings. The first-order valence-electron chi connectivity index (χ1n) is 8.20. The molecule has 0 bridgehead atoms. The van der Waals surface area contributed by atoms with E-state index in [4.69, 9.17) is 14.2 Å². The third-order valence-corrected chi connectivity index (χ3v) is 3.83. The zero-order valence-corrected chi connectivity index (χ0v) is 14.6. The predicted molar refractivity (Wildman–Crippen MR) is 94.0 cm³/mol. The van der Waals surface area contributed by atoms with Gasteiger partial charge in [0.05, 0.1) is 0 Å². The standard InChI is InChI=1S/C19H20N2O5/c1-12-7-8-13(2)16(9-12)25-11-18(22)20-21-19(23)17-10-24-14-5-3-4-6-15(14)26-17/h3-9,17H,10-11H2,1-2H3,(H,20,22)(H,21,23)/t17-/m1/s1. The molecule has 26 heavy (non-hydrogen) atoms. The first-order chi connectivity index (χ1) is 12.5. The Labute approximate surface area is 151 Å². The van der Waals surface area contributed by atoms with Crippen molar-refractivity contribution in [3.63, 3.8) is 0 Å². The molecule has 2 N–H and O–H groups in total. The van der Waals surface area contributed by atoms with Crippen LogP contribution in [0.1, 0.15) is 11.1 Å². The van der Waals surface area contributed by atoms with E-state index in [1.807, 2.05) is 38.1 Å². The summed E-state index contributed by atoms with van der Waals surface area (Å²) in [6.07, 6.45) is -0.842. The lowest BCUT2D eigenvalue weighted by Gasteiger charge is -2.25. The zero-order chi connectivity index (χ0) is 18.5. The third kappa shape index (κ3) is 4.24. The number of hydrazine groups is 1. The van der Waals surface area contributed by atoms with Gasteiger partial charge in [-0.2, -0.15) is 0 Å². The van der Waals surface area contributed by atoms with E-state index in [0.717, 1.165) is 11.1 Å². The topological polar surface area (TPSA) is 85.9 Å². The summed E-state index contributed by atoms with van der Waals surface area (Å²) in [5.41, 5.74) is 6.60. The zero-order valence-electron chi connectivity index (χ0n) is 14.6. The summed E-state index contributed by atoms with van der Waals surface area (Å²) in [4.78, 5) is 24.0. The van der Waals surface area contributed by atoms with E-state index in [-0.39, 0.29) is 13.2 Å². The summed E-state index contributed by atoms with van der Waals surface area (Å²) in [6.45, 7) is 3.69. The van der Waals surface area contributed by atoms with Gasteiger partial charge in [-0.3, -0.25) is 20.4 Å². The highest BCUT2D eigenvalue weighted by molar-refractivity contribution is 5.85. The Kier molecular flexibility index (Phi) is 5.26. The van der Waals surface area contributed by atoms with E-state index in [2.05, 4.69) is 10.9 Å². The minimum Gasteiger partial charge on any atom is -0.485 e. The van der Waals surface area contributed by atoms with Crippen molar-refractivity contribution in [1.29, 1.82) is 0 Å². The van der Waals surface area contributed by atoms with Gasteiger partial charge in [0.25, 0.3) is 11.8 Å². The molecule has 0 saturated heterocycles. The highest BCUT2D eigenvalue weighted by atomic mass is 16.6. The number of aryl methyl sites for hydroxylation is 2. The molecule has 0 fully saturated rings. The number of hydrogen-bond acceptors (Lipinski definition) is 5. The van der Waals surface area contributed by atoms with Crippen molar-refractivity contribution in [2.75, 3.05) is 13.2 Å². The molecule has 7 heteroatoms. The Morgan fingerprint density at radius 3 is 2.69 bits per heavy atom. The highest BCUT2D eigenvalue weighted by Gasteiger charge is 2.27. The number of rotatable bonds is 4.